The monoisotopic (exact) mass is 520 g/mol. The van der Waals surface area contributed by atoms with Gasteiger partial charge in [-0.25, -0.2) is 4.79 Å². The molecule has 0 saturated heterocycles. The number of fused-ring (bicyclic) bond motifs is 2. The lowest BCUT2D eigenvalue weighted by Crippen LogP contribution is -2.11. The van der Waals surface area contributed by atoms with Crippen molar-refractivity contribution < 1.29 is 24.6 Å². The molecule has 0 saturated carbocycles. The number of hydrogen-bond acceptors (Lipinski definition) is 3. The Bertz CT molecular complexity index is 1240. The third-order valence-electron chi connectivity index (χ3n) is 4.15. The number of aromatic nitrogens is 2. The number of nitrogens with one attached hydrogen (secondary N) is 2. The summed E-state index contributed by atoms with van der Waals surface area (Å²) in [7, 11) is 0. The molecule has 4 aromatic rings. The largest absolute Gasteiger partial charge is 0.481 e. The summed E-state index contributed by atoms with van der Waals surface area (Å²) in [5.41, 5.74) is 2.69. The molecule has 0 atom stereocenters. The highest BCUT2D eigenvalue weighted by atomic mass is 79.9. The predicted octanol–water partition coefficient (Wildman–Crippen LogP) is 4.76. The molecule has 9 heteroatoms. The van der Waals surface area contributed by atoms with E-state index in [1.165, 1.54) is 6.20 Å². The van der Waals surface area contributed by atoms with Crippen LogP contribution in [0.1, 0.15) is 15.9 Å². The van der Waals surface area contributed by atoms with Gasteiger partial charge >= 0.3 is 11.9 Å². The number of ketones is 1. The van der Waals surface area contributed by atoms with Crippen LogP contribution in [0.4, 0.5) is 0 Å². The van der Waals surface area contributed by atoms with Gasteiger partial charge in [-0.05, 0) is 29.8 Å². The fraction of sp³-hybridized carbons (Fsp3) is 0.0500. The van der Waals surface area contributed by atoms with Crippen molar-refractivity contribution in [1.29, 1.82) is 0 Å². The molecular formula is C20H14Br2N2O5. The van der Waals surface area contributed by atoms with Crippen LogP contribution in [0.5, 0.6) is 0 Å². The van der Waals surface area contributed by atoms with Crippen LogP contribution in [0.2, 0.25) is 0 Å². The van der Waals surface area contributed by atoms with Crippen LogP contribution in [-0.2, 0) is 16.0 Å². The van der Waals surface area contributed by atoms with E-state index >= 15 is 0 Å². The third kappa shape index (κ3) is 4.75. The number of benzene rings is 2. The molecular weight excluding hydrogens is 508 g/mol. The zero-order valence-electron chi connectivity index (χ0n) is 14.7. The van der Waals surface area contributed by atoms with Crippen LogP contribution in [0.3, 0.4) is 0 Å². The summed E-state index contributed by atoms with van der Waals surface area (Å²) in [6.45, 7) is 0. The number of carbonyl (C=O) groups excluding carboxylic acids is 1. The van der Waals surface area contributed by atoms with Crippen molar-refractivity contribution in [3.8, 4) is 0 Å². The van der Waals surface area contributed by atoms with Gasteiger partial charge in [-0.15, -0.1) is 0 Å². The first-order valence-electron chi connectivity index (χ1n) is 8.28. The Hall–Kier alpha value is -2.91. The van der Waals surface area contributed by atoms with Gasteiger partial charge in [-0.2, -0.15) is 0 Å². The van der Waals surface area contributed by atoms with Gasteiger partial charge in [0.2, 0.25) is 0 Å². The molecule has 0 aliphatic rings. The number of hydrogen-bond donors (Lipinski definition) is 4. The van der Waals surface area contributed by atoms with Crippen LogP contribution in [0.15, 0.2) is 57.7 Å². The number of rotatable bonds is 4. The first-order chi connectivity index (χ1) is 13.8. The van der Waals surface area contributed by atoms with E-state index in [0.717, 1.165) is 30.9 Å². The molecule has 0 aliphatic carbocycles. The Balaban J connectivity index is 0.000000166. The van der Waals surface area contributed by atoms with E-state index in [2.05, 4.69) is 41.8 Å². The molecule has 4 N–H and O–H groups in total. The minimum Gasteiger partial charge on any atom is -0.481 e. The van der Waals surface area contributed by atoms with E-state index in [9.17, 15) is 14.4 Å². The van der Waals surface area contributed by atoms with E-state index in [1.54, 1.807) is 24.4 Å². The molecule has 0 radical (unpaired) electrons. The summed E-state index contributed by atoms with van der Waals surface area (Å²) in [5.74, 6) is -3.16. The lowest BCUT2D eigenvalue weighted by Gasteiger charge is -1.94. The molecule has 7 nitrogen and oxygen atoms in total. The van der Waals surface area contributed by atoms with Crippen molar-refractivity contribution in [3.63, 3.8) is 0 Å². The molecule has 2 heterocycles. The molecule has 0 amide bonds. The van der Waals surface area contributed by atoms with Crippen LogP contribution in [0, 0.1) is 0 Å². The molecule has 0 unspecified atom stereocenters. The number of Topliss-reactive ketones (excluding diaryl/α,β-unsaturated/α-hetero) is 1. The smallest absolute Gasteiger partial charge is 0.377 e. The Kier molecular flexibility index (Phi) is 6.19. The lowest BCUT2D eigenvalue weighted by molar-refractivity contribution is -0.136. The number of carboxylic acids is 2. The summed E-state index contributed by atoms with van der Waals surface area (Å²) >= 11 is 6.64. The highest BCUT2D eigenvalue weighted by molar-refractivity contribution is 9.10. The number of H-pyrrole nitrogens is 2. The quantitative estimate of drug-likeness (QED) is 0.228. The third-order valence-corrected chi connectivity index (χ3v) is 5.14. The van der Waals surface area contributed by atoms with Crippen molar-refractivity contribution >= 4 is 71.4 Å². The maximum absolute atomic E-state index is 11.3. The van der Waals surface area contributed by atoms with Crippen LogP contribution in [0.25, 0.3) is 21.8 Å². The summed E-state index contributed by atoms with van der Waals surface area (Å²) in [6, 6.07) is 11.0. The number of aromatic amines is 2. The average Bonchev–Trinajstić information content (AvgIpc) is 3.24. The summed E-state index contributed by atoms with van der Waals surface area (Å²) in [4.78, 5) is 38.3. The first kappa shape index (κ1) is 20.8. The molecule has 0 spiro atoms. The molecule has 0 bridgehead atoms. The Morgan fingerprint density at radius 3 is 1.97 bits per heavy atom. The maximum Gasteiger partial charge on any atom is 0.377 e. The predicted molar refractivity (Wildman–Crippen MR) is 115 cm³/mol. The summed E-state index contributed by atoms with van der Waals surface area (Å²) in [5, 5.41) is 18.9. The van der Waals surface area contributed by atoms with Crippen LogP contribution >= 0.6 is 31.9 Å². The van der Waals surface area contributed by atoms with Gasteiger partial charge in [0, 0.05) is 43.1 Å². The van der Waals surface area contributed by atoms with Crippen molar-refractivity contribution in [2.75, 3.05) is 0 Å². The molecule has 29 heavy (non-hydrogen) atoms. The first-order valence-corrected chi connectivity index (χ1v) is 9.86. The lowest BCUT2D eigenvalue weighted by atomic mass is 10.1. The minimum atomic E-state index is -1.45. The molecule has 0 fully saturated rings. The number of halogens is 2. The zero-order chi connectivity index (χ0) is 21.1. The average molecular weight is 522 g/mol. The Morgan fingerprint density at radius 2 is 1.38 bits per heavy atom. The van der Waals surface area contributed by atoms with Crippen molar-refractivity contribution in [2.45, 2.75) is 6.42 Å². The second-order valence-corrected chi connectivity index (χ2v) is 7.93. The Morgan fingerprint density at radius 1 is 0.828 bits per heavy atom. The SMILES string of the molecule is O=C(O)C(=O)c1c[nH]c2cc(Br)ccc12.O=C(O)Cc1c[nH]c2cc(Br)ccc12. The fourth-order valence-corrected chi connectivity index (χ4v) is 3.59. The minimum absolute atomic E-state index is 0.0572. The second-order valence-electron chi connectivity index (χ2n) is 6.10. The van der Waals surface area contributed by atoms with Gasteiger partial charge in [0.1, 0.15) is 0 Å². The van der Waals surface area contributed by atoms with E-state index in [4.69, 9.17) is 10.2 Å². The number of aliphatic carboxylic acids is 2. The van der Waals surface area contributed by atoms with Crippen molar-refractivity contribution in [3.05, 3.63) is 68.9 Å². The van der Waals surface area contributed by atoms with Gasteiger partial charge in [-0.1, -0.05) is 44.0 Å². The van der Waals surface area contributed by atoms with E-state index in [0.29, 0.717) is 5.39 Å². The number of carbonyl (C=O) groups is 3. The van der Waals surface area contributed by atoms with Gasteiger partial charge in [0.25, 0.3) is 5.78 Å². The standard InChI is InChI=1S/C10H6BrNO3.C10H8BrNO2/c11-5-1-2-6-7(9(13)10(14)15)4-12-8(6)3-5;11-7-1-2-8-6(3-10(13)14)5-12-9(8)4-7/h1-4,12H,(H,14,15);1-2,4-5,12H,3H2,(H,13,14). The fourth-order valence-electron chi connectivity index (χ4n) is 2.87. The van der Waals surface area contributed by atoms with Crippen LogP contribution < -0.4 is 0 Å². The van der Waals surface area contributed by atoms with Gasteiger partial charge in [0.15, 0.2) is 0 Å². The molecule has 2 aromatic carbocycles. The molecule has 2 aromatic heterocycles. The maximum atomic E-state index is 11.3. The highest BCUT2D eigenvalue weighted by Crippen LogP contribution is 2.23. The van der Waals surface area contributed by atoms with Crippen LogP contribution in [-0.4, -0.2) is 37.9 Å². The van der Waals surface area contributed by atoms with Gasteiger partial charge in [-0.3, -0.25) is 9.59 Å². The van der Waals surface area contributed by atoms with E-state index < -0.39 is 17.7 Å². The van der Waals surface area contributed by atoms with E-state index in [-0.39, 0.29) is 12.0 Å². The van der Waals surface area contributed by atoms with Gasteiger partial charge in [0.05, 0.1) is 12.0 Å². The normalized spacial score (nSPS) is 10.6. The summed E-state index contributed by atoms with van der Waals surface area (Å²) < 4.78 is 1.85. The Labute approximate surface area is 181 Å². The zero-order valence-corrected chi connectivity index (χ0v) is 17.9. The molecule has 0 aliphatic heterocycles. The topological polar surface area (TPSA) is 123 Å². The highest BCUT2D eigenvalue weighted by Gasteiger charge is 2.18. The van der Waals surface area contributed by atoms with E-state index in [1.807, 2.05) is 18.2 Å². The summed E-state index contributed by atoms with van der Waals surface area (Å²) in [6.07, 6.45) is 3.21. The second kappa shape index (κ2) is 8.62. The van der Waals surface area contributed by atoms with Crippen molar-refractivity contribution in [2.24, 2.45) is 0 Å². The number of carboxylic acid groups (broad SMARTS) is 2. The molecule has 4 rings (SSSR count). The van der Waals surface area contributed by atoms with Crippen molar-refractivity contribution in [1.82, 2.24) is 9.97 Å². The molecule has 148 valence electrons. The van der Waals surface area contributed by atoms with Gasteiger partial charge < -0.3 is 20.2 Å².